The van der Waals surface area contributed by atoms with Crippen LogP contribution in [0.15, 0.2) is 12.7 Å². The second kappa shape index (κ2) is 3.66. The molecule has 0 aromatic carbocycles. The molecule has 2 N–H and O–H groups in total. The van der Waals surface area contributed by atoms with Crippen LogP contribution in [-0.2, 0) is 0 Å². The molecular weight excluding hydrogens is 216 g/mol. The lowest BCUT2D eigenvalue weighted by atomic mass is 10.0. The number of rotatable bonds is 1. The van der Waals surface area contributed by atoms with Crippen molar-refractivity contribution in [3.63, 3.8) is 0 Å². The minimum Gasteiger partial charge on any atom is -0.347 e. The van der Waals surface area contributed by atoms with Crippen molar-refractivity contribution in [1.29, 1.82) is 0 Å². The van der Waals surface area contributed by atoms with Crippen molar-refractivity contribution in [3.8, 4) is 0 Å². The summed E-state index contributed by atoms with van der Waals surface area (Å²) in [7, 11) is 0. The summed E-state index contributed by atoms with van der Waals surface area (Å²) in [5, 5.41) is 3.41. The molecule has 17 heavy (non-hydrogen) atoms. The van der Waals surface area contributed by atoms with Crippen molar-refractivity contribution >= 4 is 17.0 Å². The summed E-state index contributed by atoms with van der Waals surface area (Å²) in [6.45, 7) is 7.29. The highest BCUT2D eigenvalue weighted by atomic mass is 15.3. The second-order valence-corrected chi connectivity index (χ2v) is 4.94. The van der Waals surface area contributed by atoms with Gasteiger partial charge in [0.05, 0.1) is 6.33 Å². The zero-order chi connectivity index (χ0) is 11.9. The largest absolute Gasteiger partial charge is 0.347 e. The topological polar surface area (TPSA) is 69.7 Å². The van der Waals surface area contributed by atoms with Crippen molar-refractivity contribution in [2.75, 3.05) is 24.5 Å². The molecule has 0 radical (unpaired) electrons. The fourth-order valence-corrected chi connectivity index (χ4v) is 2.33. The van der Waals surface area contributed by atoms with E-state index in [1.807, 2.05) is 0 Å². The summed E-state index contributed by atoms with van der Waals surface area (Å²) in [4.78, 5) is 18.2. The number of H-pyrrole nitrogens is 1. The Morgan fingerprint density at radius 3 is 3.00 bits per heavy atom. The van der Waals surface area contributed by atoms with Gasteiger partial charge in [0.25, 0.3) is 0 Å². The van der Waals surface area contributed by atoms with E-state index in [1.165, 1.54) is 0 Å². The van der Waals surface area contributed by atoms with Gasteiger partial charge >= 0.3 is 0 Å². The summed E-state index contributed by atoms with van der Waals surface area (Å²) in [6, 6.07) is 0. The van der Waals surface area contributed by atoms with Crippen LogP contribution in [0.4, 0.5) is 5.82 Å². The Morgan fingerprint density at radius 2 is 2.18 bits per heavy atom. The van der Waals surface area contributed by atoms with Crippen molar-refractivity contribution in [2.24, 2.45) is 0 Å². The first-order chi connectivity index (χ1) is 8.18. The maximum Gasteiger partial charge on any atom is 0.182 e. The van der Waals surface area contributed by atoms with Crippen LogP contribution in [0.3, 0.4) is 0 Å². The van der Waals surface area contributed by atoms with E-state index in [1.54, 1.807) is 12.7 Å². The molecule has 0 saturated carbocycles. The Hall–Kier alpha value is -1.69. The number of aromatic amines is 1. The molecule has 0 bridgehead atoms. The maximum absolute atomic E-state index is 4.41. The van der Waals surface area contributed by atoms with Crippen LogP contribution in [0, 0.1) is 0 Å². The molecule has 1 aliphatic rings. The minimum absolute atomic E-state index is 0.0463. The zero-order valence-corrected chi connectivity index (χ0v) is 10.1. The first-order valence-electron chi connectivity index (χ1n) is 5.81. The van der Waals surface area contributed by atoms with Crippen LogP contribution in [0.5, 0.6) is 0 Å². The molecule has 6 heteroatoms. The van der Waals surface area contributed by atoms with E-state index >= 15 is 0 Å². The van der Waals surface area contributed by atoms with Gasteiger partial charge in [-0.1, -0.05) is 0 Å². The van der Waals surface area contributed by atoms with Gasteiger partial charge in [0.1, 0.15) is 11.8 Å². The van der Waals surface area contributed by atoms with E-state index in [2.05, 4.69) is 44.0 Å². The summed E-state index contributed by atoms with van der Waals surface area (Å²) in [5.74, 6) is 0.944. The lowest BCUT2D eigenvalue weighted by molar-refractivity contribution is 0.378. The summed E-state index contributed by atoms with van der Waals surface area (Å²) in [6.07, 6.45) is 3.24. The van der Waals surface area contributed by atoms with Gasteiger partial charge in [-0.15, -0.1) is 0 Å². The normalized spacial score (nSPS) is 19.8. The van der Waals surface area contributed by atoms with Crippen molar-refractivity contribution < 1.29 is 0 Å². The quantitative estimate of drug-likeness (QED) is 0.751. The number of hydrogen-bond acceptors (Lipinski definition) is 5. The van der Waals surface area contributed by atoms with Crippen LogP contribution < -0.4 is 10.2 Å². The number of aromatic nitrogens is 4. The van der Waals surface area contributed by atoms with Gasteiger partial charge in [0, 0.05) is 25.2 Å². The number of nitrogens with one attached hydrogen (secondary N) is 2. The molecule has 2 aromatic heterocycles. The third-order valence-corrected chi connectivity index (χ3v) is 3.26. The second-order valence-electron chi connectivity index (χ2n) is 4.94. The number of fused-ring (bicyclic) bond motifs is 1. The number of anilines is 1. The Bertz CT molecular complexity index is 531. The maximum atomic E-state index is 4.41. The Kier molecular flexibility index (Phi) is 2.25. The standard InChI is InChI=1S/C11H16N6/c1-11(2)5-12-3-4-17(11)10-8-9(14-6-13-8)15-7-16-10/h6-7,12H,3-5H2,1-2H3,(H,13,14,15,16). The van der Waals surface area contributed by atoms with Gasteiger partial charge in [-0.05, 0) is 13.8 Å². The van der Waals surface area contributed by atoms with Crippen LogP contribution >= 0.6 is 0 Å². The molecule has 1 saturated heterocycles. The molecule has 0 spiro atoms. The molecule has 0 atom stereocenters. The summed E-state index contributed by atoms with van der Waals surface area (Å²) in [5.41, 5.74) is 1.69. The smallest absolute Gasteiger partial charge is 0.182 e. The molecule has 0 amide bonds. The average molecular weight is 232 g/mol. The monoisotopic (exact) mass is 232 g/mol. The third kappa shape index (κ3) is 1.64. The predicted octanol–water partition coefficient (Wildman–Crippen LogP) is 0.541. The van der Waals surface area contributed by atoms with E-state index in [9.17, 15) is 0 Å². The van der Waals surface area contributed by atoms with Gasteiger partial charge in [-0.25, -0.2) is 15.0 Å². The first kappa shape index (κ1) is 10.5. The Balaban J connectivity index is 2.11. The lowest BCUT2D eigenvalue weighted by Gasteiger charge is -2.43. The fourth-order valence-electron chi connectivity index (χ4n) is 2.33. The van der Waals surface area contributed by atoms with E-state index in [0.29, 0.717) is 0 Å². The van der Waals surface area contributed by atoms with Gasteiger partial charge in [-0.3, -0.25) is 0 Å². The molecule has 1 fully saturated rings. The van der Waals surface area contributed by atoms with E-state index < -0.39 is 0 Å². The Morgan fingerprint density at radius 1 is 1.29 bits per heavy atom. The van der Waals surface area contributed by atoms with Gasteiger partial charge in [0.2, 0.25) is 0 Å². The number of hydrogen-bond donors (Lipinski definition) is 2. The molecular formula is C11H16N6. The molecule has 0 aliphatic carbocycles. The van der Waals surface area contributed by atoms with E-state index in [0.717, 1.165) is 36.6 Å². The zero-order valence-electron chi connectivity index (χ0n) is 10.1. The fraction of sp³-hybridized carbons (Fsp3) is 0.545. The third-order valence-electron chi connectivity index (χ3n) is 3.26. The molecule has 0 unspecified atom stereocenters. The average Bonchev–Trinajstić information content (AvgIpc) is 2.76. The highest BCUT2D eigenvalue weighted by Gasteiger charge is 2.31. The van der Waals surface area contributed by atoms with Crippen LogP contribution in [0.1, 0.15) is 13.8 Å². The van der Waals surface area contributed by atoms with Gasteiger partial charge in [0.15, 0.2) is 11.5 Å². The summed E-state index contributed by atoms with van der Waals surface area (Å²) < 4.78 is 0. The van der Waals surface area contributed by atoms with E-state index in [-0.39, 0.29) is 5.54 Å². The predicted molar refractivity (Wildman–Crippen MR) is 66.0 cm³/mol. The number of piperazine rings is 1. The molecule has 2 aromatic rings. The molecule has 6 nitrogen and oxygen atoms in total. The number of nitrogens with zero attached hydrogens (tertiary/aromatic N) is 4. The first-order valence-corrected chi connectivity index (χ1v) is 5.81. The highest BCUT2D eigenvalue weighted by Crippen LogP contribution is 2.27. The minimum atomic E-state index is 0.0463. The lowest BCUT2D eigenvalue weighted by Crippen LogP contribution is -2.58. The molecule has 1 aliphatic heterocycles. The van der Waals surface area contributed by atoms with Crippen molar-refractivity contribution in [2.45, 2.75) is 19.4 Å². The van der Waals surface area contributed by atoms with Gasteiger partial charge < -0.3 is 15.2 Å². The van der Waals surface area contributed by atoms with E-state index in [4.69, 9.17) is 0 Å². The molecule has 90 valence electrons. The van der Waals surface area contributed by atoms with Gasteiger partial charge in [-0.2, -0.15) is 0 Å². The van der Waals surface area contributed by atoms with Crippen LogP contribution in [0.25, 0.3) is 11.2 Å². The van der Waals surface area contributed by atoms with Crippen LogP contribution in [0.2, 0.25) is 0 Å². The van der Waals surface area contributed by atoms with Crippen molar-refractivity contribution in [1.82, 2.24) is 25.3 Å². The highest BCUT2D eigenvalue weighted by molar-refractivity contribution is 5.83. The molecule has 3 rings (SSSR count). The molecule has 3 heterocycles. The summed E-state index contributed by atoms with van der Waals surface area (Å²) >= 11 is 0. The van der Waals surface area contributed by atoms with Crippen LogP contribution in [-0.4, -0.2) is 45.1 Å². The number of imidazole rings is 1. The van der Waals surface area contributed by atoms with Crippen molar-refractivity contribution in [3.05, 3.63) is 12.7 Å². The Labute approximate surface area is 99.5 Å². The SMILES string of the molecule is CC1(C)CNCCN1c1ncnc2nc[nH]c12.